The quantitative estimate of drug-likeness (QED) is 0.838. The Bertz CT molecular complexity index is 519. The minimum atomic E-state index is -0.339. The Hall–Kier alpha value is -1.81. The number of halogens is 1. The van der Waals surface area contributed by atoms with E-state index in [0.29, 0.717) is 5.02 Å². The second kappa shape index (κ2) is 7.10. The summed E-state index contributed by atoms with van der Waals surface area (Å²) in [7, 11) is 0. The highest BCUT2D eigenvalue weighted by molar-refractivity contribution is 6.32. The van der Waals surface area contributed by atoms with Crippen molar-refractivity contribution >= 4 is 29.5 Å². The van der Waals surface area contributed by atoms with Gasteiger partial charge in [0, 0.05) is 16.6 Å². The zero-order chi connectivity index (χ0) is 15.2. The van der Waals surface area contributed by atoms with Gasteiger partial charge in [-0.25, -0.2) is 0 Å². The first-order valence-corrected chi connectivity index (χ1v) is 6.67. The average molecular weight is 295 g/mol. The van der Waals surface area contributed by atoms with Crippen molar-refractivity contribution in [3.63, 3.8) is 0 Å². The third-order valence-electron chi connectivity index (χ3n) is 2.26. The Morgan fingerprint density at radius 1 is 1.25 bits per heavy atom. The summed E-state index contributed by atoms with van der Waals surface area (Å²) in [5.41, 5.74) is 0.443. The summed E-state index contributed by atoms with van der Waals surface area (Å²) in [5, 5.41) is 5.84. The maximum absolute atomic E-state index is 11.6. The lowest BCUT2D eigenvalue weighted by molar-refractivity contribution is -0.124. The summed E-state index contributed by atoms with van der Waals surface area (Å²) in [6.07, 6.45) is 2.96. The predicted octanol–water partition coefficient (Wildman–Crippen LogP) is 2.38. The van der Waals surface area contributed by atoms with Crippen molar-refractivity contribution in [2.45, 2.75) is 26.3 Å². The maximum Gasteiger partial charge on any atom is 0.244 e. The van der Waals surface area contributed by atoms with Gasteiger partial charge in [0.15, 0.2) is 0 Å². The molecule has 0 heterocycles. The largest absolute Gasteiger partial charge is 0.350 e. The molecular weight excluding hydrogens is 276 g/mol. The van der Waals surface area contributed by atoms with E-state index in [0.717, 1.165) is 5.56 Å². The molecule has 108 valence electrons. The fourth-order valence-electron chi connectivity index (χ4n) is 1.46. The van der Waals surface area contributed by atoms with Crippen molar-refractivity contribution in [2.24, 2.45) is 0 Å². The SMILES string of the molecule is CC(C)(C)NC(=O)CNC(=O)/C=C/c1ccccc1Cl. The van der Waals surface area contributed by atoms with Gasteiger partial charge in [-0.05, 0) is 38.5 Å². The Balaban J connectivity index is 2.45. The van der Waals surface area contributed by atoms with E-state index in [1.165, 1.54) is 6.08 Å². The first-order valence-electron chi connectivity index (χ1n) is 6.29. The van der Waals surface area contributed by atoms with E-state index in [4.69, 9.17) is 11.6 Å². The molecule has 0 saturated heterocycles. The Morgan fingerprint density at radius 3 is 2.50 bits per heavy atom. The first kappa shape index (κ1) is 16.2. The van der Waals surface area contributed by atoms with Crippen molar-refractivity contribution in [1.82, 2.24) is 10.6 Å². The second-order valence-electron chi connectivity index (χ2n) is 5.37. The number of carbonyl (C=O) groups excluding carboxylic acids is 2. The number of nitrogens with one attached hydrogen (secondary N) is 2. The molecule has 1 aromatic carbocycles. The highest BCUT2D eigenvalue weighted by Crippen LogP contribution is 2.15. The highest BCUT2D eigenvalue weighted by atomic mass is 35.5. The summed E-state index contributed by atoms with van der Waals surface area (Å²) < 4.78 is 0. The normalized spacial score (nSPS) is 11.4. The van der Waals surface area contributed by atoms with Crippen LogP contribution < -0.4 is 10.6 Å². The van der Waals surface area contributed by atoms with Crippen LogP contribution in [0.25, 0.3) is 6.08 Å². The third kappa shape index (κ3) is 6.38. The number of amides is 2. The summed E-state index contributed by atoms with van der Waals surface area (Å²) in [5.74, 6) is -0.564. The second-order valence-corrected chi connectivity index (χ2v) is 5.78. The molecule has 0 aliphatic carbocycles. The molecule has 0 aliphatic heterocycles. The monoisotopic (exact) mass is 294 g/mol. The molecule has 5 heteroatoms. The van der Waals surface area contributed by atoms with Crippen LogP contribution in [0.5, 0.6) is 0 Å². The molecule has 0 spiro atoms. The summed E-state index contributed by atoms with van der Waals surface area (Å²) >= 11 is 5.96. The molecule has 0 aliphatic rings. The molecule has 0 bridgehead atoms. The molecule has 0 radical (unpaired) electrons. The van der Waals surface area contributed by atoms with E-state index in [2.05, 4.69) is 10.6 Å². The van der Waals surface area contributed by atoms with Gasteiger partial charge in [0.05, 0.1) is 6.54 Å². The average Bonchev–Trinajstić information content (AvgIpc) is 2.33. The van der Waals surface area contributed by atoms with Gasteiger partial charge in [0.2, 0.25) is 11.8 Å². The molecule has 4 nitrogen and oxygen atoms in total. The molecule has 0 fully saturated rings. The summed E-state index contributed by atoms with van der Waals surface area (Å²) in [6.45, 7) is 5.58. The van der Waals surface area contributed by atoms with E-state index in [9.17, 15) is 9.59 Å². The zero-order valence-corrected chi connectivity index (χ0v) is 12.6. The van der Waals surface area contributed by atoms with Gasteiger partial charge in [-0.3, -0.25) is 9.59 Å². The summed E-state index contributed by atoms with van der Waals surface area (Å²) in [4.78, 5) is 23.1. The Kier molecular flexibility index (Phi) is 5.77. The number of hydrogen-bond donors (Lipinski definition) is 2. The maximum atomic E-state index is 11.6. The Labute approximate surface area is 124 Å². The van der Waals surface area contributed by atoms with Crippen LogP contribution in [0, 0.1) is 0 Å². The minimum Gasteiger partial charge on any atom is -0.350 e. The number of carbonyl (C=O) groups is 2. The summed E-state index contributed by atoms with van der Waals surface area (Å²) in [6, 6.07) is 7.20. The van der Waals surface area contributed by atoms with Crippen LogP contribution in [0.1, 0.15) is 26.3 Å². The molecule has 0 saturated carbocycles. The van der Waals surface area contributed by atoms with E-state index in [1.54, 1.807) is 18.2 Å². The predicted molar refractivity (Wildman–Crippen MR) is 81.4 cm³/mol. The van der Waals surface area contributed by atoms with Crippen LogP contribution in [0.15, 0.2) is 30.3 Å². The molecule has 1 rings (SSSR count). The van der Waals surface area contributed by atoms with E-state index >= 15 is 0 Å². The van der Waals surface area contributed by atoms with Crippen LogP contribution in [0.3, 0.4) is 0 Å². The van der Waals surface area contributed by atoms with Crippen LogP contribution in [0.2, 0.25) is 5.02 Å². The number of rotatable bonds is 4. The lowest BCUT2D eigenvalue weighted by Crippen LogP contribution is -2.45. The van der Waals surface area contributed by atoms with Gasteiger partial charge >= 0.3 is 0 Å². The number of hydrogen-bond acceptors (Lipinski definition) is 2. The van der Waals surface area contributed by atoms with Crippen molar-refractivity contribution in [3.05, 3.63) is 40.9 Å². The Morgan fingerprint density at radius 2 is 1.90 bits per heavy atom. The van der Waals surface area contributed by atoms with E-state index in [-0.39, 0.29) is 23.9 Å². The lowest BCUT2D eigenvalue weighted by atomic mass is 10.1. The first-order chi connectivity index (χ1) is 9.28. The van der Waals surface area contributed by atoms with Crippen LogP contribution in [-0.4, -0.2) is 23.9 Å². The van der Waals surface area contributed by atoms with E-state index < -0.39 is 0 Å². The van der Waals surface area contributed by atoms with Gasteiger partial charge < -0.3 is 10.6 Å². The molecular formula is C15H19ClN2O2. The molecule has 2 amide bonds. The van der Waals surface area contributed by atoms with Crippen LogP contribution >= 0.6 is 11.6 Å². The molecule has 2 N–H and O–H groups in total. The molecule has 1 aromatic rings. The van der Waals surface area contributed by atoms with Crippen molar-refractivity contribution in [2.75, 3.05) is 6.54 Å². The van der Waals surface area contributed by atoms with Crippen molar-refractivity contribution in [3.8, 4) is 0 Å². The van der Waals surface area contributed by atoms with Gasteiger partial charge in [-0.1, -0.05) is 29.8 Å². The van der Waals surface area contributed by atoms with Gasteiger partial charge in [-0.15, -0.1) is 0 Å². The van der Waals surface area contributed by atoms with Crippen molar-refractivity contribution in [1.29, 1.82) is 0 Å². The zero-order valence-electron chi connectivity index (χ0n) is 11.9. The lowest BCUT2D eigenvalue weighted by Gasteiger charge is -2.20. The van der Waals surface area contributed by atoms with Gasteiger partial charge in [-0.2, -0.15) is 0 Å². The third-order valence-corrected chi connectivity index (χ3v) is 2.60. The van der Waals surface area contributed by atoms with Gasteiger partial charge in [0.25, 0.3) is 0 Å². The molecule has 0 unspecified atom stereocenters. The topological polar surface area (TPSA) is 58.2 Å². The molecule has 20 heavy (non-hydrogen) atoms. The van der Waals surface area contributed by atoms with Gasteiger partial charge in [0.1, 0.15) is 0 Å². The van der Waals surface area contributed by atoms with Crippen LogP contribution in [-0.2, 0) is 9.59 Å². The van der Waals surface area contributed by atoms with Crippen molar-refractivity contribution < 1.29 is 9.59 Å². The highest BCUT2D eigenvalue weighted by Gasteiger charge is 2.13. The standard InChI is InChI=1S/C15H19ClN2O2/c1-15(2,3)18-14(20)10-17-13(19)9-8-11-6-4-5-7-12(11)16/h4-9H,10H2,1-3H3,(H,17,19)(H,18,20)/b9-8+. The van der Waals surface area contributed by atoms with E-state index in [1.807, 2.05) is 32.9 Å². The smallest absolute Gasteiger partial charge is 0.244 e. The van der Waals surface area contributed by atoms with Crippen LogP contribution in [0.4, 0.5) is 0 Å². The fraction of sp³-hybridized carbons (Fsp3) is 0.333. The molecule has 0 aromatic heterocycles. The minimum absolute atomic E-state index is 0.0526. The fourth-order valence-corrected chi connectivity index (χ4v) is 1.66. The number of benzene rings is 1. The molecule has 0 atom stereocenters.